The molecule has 0 fully saturated rings. The molecule has 1 aliphatic heterocycles. The fourth-order valence-corrected chi connectivity index (χ4v) is 4.52. The Morgan fingerprint density at radius 2 is 1.87 bits per heavy atom. The number of halogens is 1. The lowest BCUT2D eigenvalue weighted by Gasteiger charge is -2.22. The molecule has 0 radical (unpaired) electrons. The molecule has 0 aliphatic carbocycles. The quantitative estimate of drug-likeness (QED) is 0.544. The van der Waals surface area contributed by atoms with Gasteiger partial charge in [0.05, 0.1) is 23.5 Å². The number of aliphatic hydroxyl groups is 1. The first-order valence-electron chi connectivity index (χ1n) is 9.50. The number of benzene rings is 2. The van der Waals surface area contributed by atoms with Gasteiger partial charge in [0, 0.05) is 15.5 Å². The van der Waals surface area contributed by atoms with E-state index in [2.05, 4.69) is 0 Å². The lowest BCUT2D eigenvalue weighted by atomic mass is 9.89. The SMILES string of the molecule is Cc1ccc(C(=O)C[C@@]2(O)C(=O)N(CCOc3ccc(Cl)cc3)c3ccccc32)s1. The van der Waals surface area contributed by atoms with Crippen molar-refractivity contribution in [1.29, 1.82) is 0 Å². The van der Waals surface area contributed by atoms with Crippen molar-refractivity contribution in [3.63, 3.8) is 0 Å². The zero-order valence-electron chi connectivity index (χ0n) is 16.3. The van der Waals surface area contributed by atoms with Crippen LogP contribution in [0.2, 0.25) is 5.02 Å². The van der Waals surface area contributed by atoms with Crippen LogP contribution in [-0.4, -0.2) is 29.9 Å². The zero-order valence-corrected chi connectivity index (χ0v) is 17.9. The number of thiophene rings is 1. The van der Waals surface area contributed by atoms with Gasteiger partial charge in [0.1, 0.15) is 12.4 Å². The first-order chi connectivity index (χ1) is 14.4. The second kappa shape index (κ2) is 8.22. The number of anilines is 1. The van der Waals surface area contributed by atoms with Crippen molar-refractivity contribution < 1.29 is 19.4 Å². The minimum absolute atomic E-state index is 0.232. The highest BCUT2D eigenvalue weighted by molar-refractivity contribution is 7.14. The fraction of sp³-hybridized carbons (Fsp3) is 0.217. The Labute approximate surface area is 183 Å². The van der Waals surface area contributed by atoms with E-state index in [-0.39, 0.29) is 25.4 Å². The van der Waals surface area contributed by atoms with Crippen molar-refractivity contribution in [2.75, 3.05) is 18.1 Å². The third-order valence-corrected chi connectivity index (χ3v) is 6.36. The molecule has 5 nitrogen and oxygen atoms in total. The van der Waals surface area contributed by atoms with Crippen molar-refractivity contribution in [3.05, 3.63) is 81.0 Å². The average molecular weight is 442 g/mol. The Hall–Kier alpha value is -2.67. The molecule has 0 saturated carbocycles. The smallest absolute Gasteiger partial charge is 0.264 e. The van der Waals surface area contributed by atoms with E-state index in [0.29, 0.717) is 26.9 Å². The van der Waals surface area contributed by atoms with Gasteiger partial charge in [-0.25, -0.2) is 0 Å². The number of ether oxygens (including phenoxy) is 1. The van der Waals surface area contributed by atoms with Crippen molar-refractivity contribution in [2.45, 2.75) is 18.9 Å². The molecule has 30 heavy (non-hydrogen) atoms. The summed E-state index contributed by atoms with van der Waals surface area (Å²) in [4.78, 5) is 29.0. The molecule has 2 heterocycles. The summed E-state index contributed by atoms with van der Waals surface area (Å²) in [6.45, 7) is 2.39. The first kappa shape index (κ1) is 20.6. The van der Waals surface area contributed by atoms with Gasteiger partial charge in [-0.05, 0) is 49.4 Å². The van der Waals surface area contributed by atoms with Crippen LogP contribution in [0.15, 0.2) is 60.7 Å². The van der Waals surface area contributed by atoms with E-state index in [1.807, 2.05) is 13.0 Å². The van der Waals surface area contributed by atoms with E-state index in [4.69, 9.17) is 16.3 Å². The molecular weight excluding hydrogens is 422 g/mol. The molecule has 1 atom stereocenters. The third-order valence-electron chi connectivity index (χ3n) is 5.07. The van der Waals surface area contributed by atoms with Crippen LogP contribution in [0.5, 0.6) is 5.75 Å². The third kappa shape index (κ3) is 3.86. The number of para-hydroxylation sites is 1. The molecule has 1 N–H and O–H groups in total. The maximum Gasteiger partial charge on any atom is 0.264 e. The van der Waals surface area contributed by atoms with E-state index in [1.54, 1.807) is 54.6 Å². The van der Waals surface area contributed by atoms with Crippen molar-refractivity contribution >= 4 is 40.3 Å². The number of nitrogens with zero attached hydrogens (tertiary/aromatic N) is 1. The van der Waals surface area contributed by atoms with Gasteiger partial charge >= 0.3 is 0 Å². The Balaban J connectivity index is 1.52. The first-order valence-corrected chi connectivity index (χ1v) is 10.7. The number of amides is 1. The molecular formula is C23H20ClNO4S. The van der Waals surface area contributed by atoms with Gasteiger partial charge in [-0.3, -0.25) is 9.59 Å². The molecule has 7 heteroatoms. The van der Waals surface area contributed by atoms with Crippen molar-refractivity contribution in [1.82, 2.24) is 0 Å². The molecule has 154 valence electrons. The Kier molecular flexibility index (Phi) is 5.64. The second-order valence-electron chi connectivity index (χ2n) is 7.15. The van der Waals surface area contributed by atoms with Crippen molar-refractivity contribution in [2.24, 2.45) is 0 Å². The molecule has 1 aliphatic rings. The lowest BCUT2D eigenvalue weighted by molar-refractivity contribution is -0.135. The van der Waals surface area contributed by atoms with Crippen LogP contribution in [0.3, 0.4) is 0 Å². The average Bonchev–Trinajstić information content (AvgIpc) is 3.26. The summed E-state index contributed by atoms with van der Waals surface area (Å²) in [6.07, 6.45) is -0.294. The van der Waals surface area contributed by atoms with E-state index < -0.39 is 11.5 Å². The number of carbonyl (C=O) groups excluding carboxylic acids is 2. The summed E-state index contributed by atoms with van der Waals surface area (Å²) < 4.78 is 5.71. The molecule has 2 aromatic carbocycles. The summed E-state index contributed by atoms with van der Waals surface area (Å²) in [5.41, 5.74) is -0.839. The van der Waals surface area contributed by atoms with Crippen molar-refractivity contribution in [3.8, 4) is 5.75 Å². The van der Waals surface area contributed by atoms with Gasteiger partial charge in [-0.15, -0.1) is 11.3 Å². The Bertz CT molecular complexity index is 1090. The van der Waals surface area contributed by atoms with Gasteiger partial charge in [0.25, 0.3) is 5.91 Å². The normalized spacial score (nSPS) is 17.8. The van der Waals surface area contributed by atoms with Crippen LogP contribution >= 0.6 is 22.9 Å². The second-order valence-corrected chi connectivity index (χ2v) is 8.87. The highest BCUT2D eigenvalue weighted by Crippen LogP contribution is 2.43. The fourth-order valence-electron chi connectivity index (χ4n) is 3.59. The summed E-state index contributed by atoms with van der Waals surface area (Å²) in [7, 11) is 0. The van der Waals surface area contributed by atoms with E-state index >= 15 is 0 Å². The van der Waals surface area contributed by atoms with Crippen LogP contribution in [0.4, 0.5) is 5.69 Å². The van der Waals surface area contributed by atoms with Crippen LogP contribution in [0, 0.1) is 6.92 Å². The molecule has 3 aromatic rings. The number of ketones is 1. The number of aryl methyl sites for hydroxylation is 1. The number of fused-ring (bicyclic) bond motifs is 1. The molecule has 4 rings (SSSR count). The lowest BCUT2D eigenvalue weighted by Crippen LogP contribution is -2.43. The summed E-state index contributed by atoms with van der Waals surface area (Å²) in [6, 6.07) is 17.6. The Morgan fingerprint density at radius 3 is 2.57 bits per heavy atom. The Morgan fingerprint density at radius 1 is 1.13 bits per heavy atom. The van der Waals surface area contributed by atoms with Crippen LogP contribution < -0.4 is 9.64 Å². The highest BCUT2D eigenvalue weighted by atomic mass is 35.5. The molecule has 0 saturated heterocycles. The zero-order chi connectivity index (χ0) is 21.3. The minimum Gasteiger partial charge on any atom is -0.492 e. The molecule has 0 bridgehead atoms. The molecule has 0 unspecified atom stereocenters. The number of Topliss-reactive ketones (excluding diaryl/α,β-unsaturated/α-hetero) is 1. The number of hydrogen-bond acceptors (Lipinski definition) is 5. The largest absolute Gasteiger partial charge is 0.492 e. The minimum atomic E-state index is -1.88. The predicted molar refractivity (Wildman–Crippen MR) is 118 cm³/mol. The molecule has 1 aromatic heterocycles. The van der Waals surface area contributed by atoms with E-state index in [1.165, 1.54) is 16.2 Å². The maximum absolute atomic E-state index is 13.2. The summed E-state index contributed by atoms with van der Waals surface area (Å²) >= 11 is 7.24. The maximum atomic E-state index is 13.2. The van der Waals surface area contributed by atoms with Crippen LogP contribution in [0.25, 0.3) is 0 Å². The predicted octanol–water partition coefficient (Wildman–Crippen LogP) is 4.60. The summed E-state index contributed by atoms with van der Waals surface area (Å²) in [5, 5.41) is 11.9. The van der Waals surface area contributed by atoms with Gasteiger partial charge in [-0.1, -0.05) is 29.8 Å². The standard InChI is InChI=1S/C23H20ClNO4S/c1-15-6-11-21(30-15)20(26)14-23(28)18-4-2-3-5-19(18)25(22(23)27)12-13-29-17-9-7-16(24)8-10-17/h2-11,28H,12-14H2,1H3/t23-/m0/s1. The number of hydrogen-bond donors (Lipinski definition) is 1. The number of rotatable bonds is 7. The molecule has 1 amide bonds. The van der Waals surface area contributed by atoms with Crippen LogP contribution in [0.1, 0.15) is 26.5 Å². The van der Waals surface area contributed by atoms with Gasteiger partial charge in [0.15, 0.2) is 11.4 Å². The van der Waals surface area contributed by atoms with Gasteiger partial charge < -0.3 is 14.7 Å². The van der Waals surface area contributed by atoms with Gasteiger partial charge in [0.2, 0.25) is 0 Å². The highest BCUT2D eigenvalue weighted by Gasteiger charge is 2.50. The molecule has 0 spiro atoms. The van der Waals surface area contributed by atoms with Gasteiger partial charge in [-0.2, -0.15) is 0 Å². The van der Waals surface area contributed by atoms with E-state index in [9.17, 15) is 14.7 Å². The monoisotopic (exact) mass is 441 g/mol. The topological polar surface area (TPSA) is 66.8 Å². The number of carbonyl (C=O) groups is 2. The van der Waals surface area contributed by atoms with Crippen LogP contribution in [-0.2, 0) is 10.4 Å². The summed E-state index contributed by atoms with van der Waals surface area (Å²) in [5.74, 6) is -0.124. The van der Waals surface area contributed by atoms with E-state index in [0.717, 1.165) is 4.88 Å².